The fraction of sp³-hybridized carbons (Fsp3) is 0.593. The molecule has 2 aliphatic heterocycles. The van der Waals surface area contributed by atoms with Crippen LogP contribution in [0.3, 0.4) is 0 Å². The Morgan fingerprint density at radius 2 is 0.986 bits per heavy atom. The average molecular weight is 939 g/mol. The molecule has 4 fully saturated rings. The molecule has 372 valence electrons. The van der Waals surface area contributed by atoms with Crippen molar-refractivity contribution in [1.82, 2.24) is 29.7 Å². The molecule has 2 N–H and O–H groups in total. The first kappa shape index (κ1) is 50.9. The predicted molar refractivity (Wildman–Crippen MR) is 276 cm³/mol. The van der Waals surface area contributed by atoms with Crippen LogP contribution in [0.15, 0.2) is 98.0 Å². The molecule has 0 radical (unpaired) electrons. The van der Waals surface area contributed by atoms with Gasteiger partial charge in [-0.15, -0.1) is 0 Å². The maximum atomic E-state index is 10.5. The second kappa shape index (κ2) is 25.1. The number of pyridine rings is 4. The summed E-state index contributed by atoms with van der Waals surface area (Å²) < 4.78 is 12.5. The molecule has 0 bridgehead atoms. The highest BCUT2D eigenvalue weighted by Gasteiger charge is 2.37. The summed E-state index contributed by atoms with van der Waals surface area (Å²) in [5.74, 6) is 3.04. The number of aryl methyl sites for hydroxylation is 2. The summed E-state index contributed by atoms with van der Waals surface area (Å²) in [7, 11) is 0. The number of aliphatic hydroxyl groups is 2. The van der Waals surface area contributed by atoms with Gasteiger partial charge in [0, 0.05) is 98.8 Å². The lowest BCUT2D eigenvalue weighted by molar-refractivity contribution is 0.0513. The third-order valence-corrected chi connectivity index (χ3v) is 16.3. The van der Waals surface area contributed by atoms with E-state index in [1.54, 1.807) is 0 Å². The van der Waals surface area contributed by atoms with Crippen molar-refractivity contribution < 1.29 is 19.7 Å². The summed E-state index contributed by atoms with van der Waals surface area (Å²) in [6, 6.07) is 16.4. The molecule has 6 heterocycles. The van der Waals surface area contributed by atoms with Gasteiger partial charge in [0.1, 0.15) is 11.5 Å². The summed E-state index contributed by atoms with van der Waals surface area (Å²) in [5, 5.41) is 21.1. The number of unbranched alkanes of at least 4 members (excludes halogenated alkanes) is 2. The zero-order valence-electron chi connectivity index (χ0n) is 40.7. The third-order valence-electron chi connectivity index (χ3n) is 16.3. The molecule has 6 aliphatic rings. The molecule has 2 saturated heterocycles. The van der Waals surface area contributed by atoms with E-state index in [9.17, 15) is 10.2 Å². The van der Waals surface area contributed by atoms with Crippen molar-refractivity contribution >= 4 is 0 Å². The van der Waals surface area contributed by atoms with Crippen molar-refractivity contribution in [1.29, 1.82) is 0 Å². The molecule has 10 rings (SSSR count). The minimum atomic E-state index is -0.180. The third kappa shape index (κ3) is 13.1. The van der Waals surface area contributed by atoms with Crippen molar-refractivity contribution in [3.63, 3.8) is 0 Å². The highest BCUT2D eigenvalue weighted by molar-refractivity contribution is 5.34. The topological polar surface area (TPSA) is 117 Å². The van der Waals surface area contributed by atoms with E-state index in [1.165, 1.54) is 112 Å². The molecule has 0 spiro atoms. The molecule has 0 aromatic carbocycles. The molecule has 10 nitrogen and oxygen atoms in total. The van der Waals surface area contributed by atoms with Gasteiger partial charge in [-0.25, -0.2) is 0 Å². The fourth-order valence-electron chi connectivity index (χ4n) is 12.1. The standard InChI is InChI=1S/2C29H39N3O2.CH4/c2*1-21(33)29(26-11-6-16-31-28(26)24-8-4-9-24)32-17-14-25(20-32)34-18-3-2-7-22-12-13-23-10-5-15-30-27(23)19-22;/h2*5-6,10-11,15-16,22,24-25,29,33H,1-4,7-9,12-14,17-20H2;1H4/t22-,25-,29+;22-,25-,29-;/m11./s1. The number of hydrogen-bond acceptors (Lipinski definition) is 10. The summed E-state index contributed by atoms with van der Waals surface area (Å²) in [4.78, 5) is 23.2. The smallest absolute Gasteiger partial charge is 0.107 e. The monoisotopic (exact) mass is 939 g/mol. The van der Waals surface area contributed by atoms with Gasteiger partial charge in [0.25, 0.3) is 0 Å². The molecular formula is C59H82N6O4. The van der Waals surface area contributed by atoms with Crippen LogP contribution in [0.5, 0.6) is 0 Å². The predicted octanol–water partition coefficient (Wildman–Crippen LogP) is 12.5. The summed E-state index contributed by atoms with van der Waals surface area (Å²) in [6.45, 7) is 13.0. The Labute approximate surface area is 414 Å². The number of rotatable bonds is 20. The Kier molecular flexibility index (Phi) is 18.5. The van der Waals surface area contributed by atoms with E-state index >= 15 is 0 Å². The fourth-order valence-corrected chi connectivity index (χ4v) is 12.1. The molecule has 10 heteroatoms. The van der Waals surface area contributed by atoms with E-state index in [0.29, 0.717) is 11.8 Å². The SMILES string of the molecule is C.C=C(O)[C@@H](c1cccnc1C1CCC1)N1CC[C@@H](OCCCC[C@@H]2CCc3cccnc3C2)C1.C=C(O)[C@H](c1cccnc1C1CCC1)N1CC[C@@H](OCCCC[C@@H]2CCc3cccnc3C2)C1. The quantitative estimate of drug-likeness (QED) is 0.0655. The number of fused-ring (bicyclic) bond motifs is 2. The van der Waals surface area contributed by atoms with Crippen molar-refractivity contribution in [2.75, 3.05) is 39.4 Å². The molecule has 4 aromatic rings. The normalized spacial score (nSPS) is 23.5. The van der Waals surface area contributed by atoms with Gasteiger partial charge in [0.15, 0.2) is 0 Å². The number of aliphatic hydroxyl groups excluding tert-OH is 2. The zero-order valence-corrected chi connectivity index (χ0v) is 40.7. The van der Waals surface area contributed by atoms with Crippen molar-refractivity contribution in [3.8, 4) is 0 Å². The Morgan fingerprint density at radius 3 is 1.39 bits per heavy atom. The minimum absolute atomic E-state index is 0. The Morgan fingerprint density at radius 1 is 0.565 bits per heavy atom. The van der Waals surface area contributed by atoms with E-state index in [1.807, 2.05) is 36.9 Å². The number of nitrogens with zero attached hydrogens (tertiary/aromatic N) is 6. The molecule has 6 atom stereocenters. The first-order chi connectivity index (χ1) is 33.4. The van der Waals surface area contributed by atoms with Crippen LogP contribution in [0, 0.1) is 11.8 Å². The van der Waals surface area contributed by atoms with Crippen LogP contribution in [0.4, 0.5) is 0 Å². The zero-order chi connectivity index (χ0) is 46.7. The molecular weight excluding hydrogens is 857 g/mol. The molecule has 0 unspecified atom stereocenters. The van der Waals surface area contributed by atoms with Crippen LogP contribution >= 0.6 is 0 Å². The van der Waals surface area contributed by atoms with Crippen molar-refractivity contribution in [2.45, 2.75) is 172 Å². The van der Waals surface area contributed by atoms with Gasteiger partial charge in [-0.05, 0) is 161 Å². The largest absolute Gasteiger partial charge is 0.511 e. The van der Waals surface area contributed by atoms with E-state index < -0.39 is 0 Å². The van der Waals surface area contributed by atoms with Gasteiger partial charge in [0.2, 0.25) is 0 Å². The minimum Gasteiger partial charge on any atom is -0.511 e. The first-order valence-corrected chi connectivity index (χ1v) is 26.6. The van der Waals surface area contributed by atoms with Gasteiger partial charge >= 0.3 is 0 Å². The molecule has 0 amide bonds. The summed E-state index contributed by atoms with van der Waals surface area (Å²) in [6.07, 6.45) is 31.9. The van der Waals surface area contributed by atoms with Crippen LogP contribution in [0.2, 0.25) is 0 Å². The van der Waals surface area contributed by atoms with Crippen LogP contribution < -0.4 is 0 Å². The number of likely N-dealkylation sites (tertiary alicyclic amines) is 2. The highest BCUT2D eigenvalue weighted by Crippen LogP contribution is 2.43. The second-order valence-corrected chi connectivity index (χ2v) is 21.0. The van der Waals surface area contributed by atoms with Crippen LogP contribution in [-0.4, -0.2) is 91.5 Å². The lowest BCUT2D eigenvalue weighted by Gasteiger charge is -2.32. The summed E-state index contributed by atoms with van der Waals surface area (Å²) >= 11 is 0. The van der Waals surface area contributed by atoms with Crippen LogP contribution in [-0.2, 0) is 35.2 Å². The van der Waals surface area contributed by atoms with E-state index in [2.05, 4.69) is 69.3 Å². The van der Waals surface area contributed by atoms with Crippen molar-refractivity contribution in [3.05, 3.63) is 143 Å². The lowest BCUT2D eigenvalue weighted by Crippen LogP contribution is -2.31. The highest BCUT2D eigenvalue weighted by atomic mass is 16.5. The van der Waals surface area contributed by atoms with E-state index in [4.69, 9.17) is 19.4 Å². The Hall–Kier alpha value is -4.48. The van der Waals surface area contributed by atoms with Gasteiger partial charge in [-0.1, -0.05) is 70.5 Å². The maximum absolute atomic E-state index is 10.5. The molecule has 2 saturated carbocycles. The van der Waals surface area contributed by atoms with Gasteiger partial charge in [-0.3, -0.25) is 29.7 Å². The first-order valence-electron chi connectivity index (χ1n) is 26.6. The maximum Gasteiger partial charge on any atom is 0.107 e. The lowest BCUT2D eigenvalue weighted by atomic mass is 9.79. The Balaban J connectivity index is 0.000000183. The van der Waals surface area contributed by atoms with Crippen molar-refractivity contribution in [2.24, 2.45) is 11.8 Å². The molecule has 4 aliphatic carbocycles. The number of aromatic nitrogens is 4. The molecule has 69 heavy (non-hydrogen) atoms. The average Bonchev–Trinajstić information content (AvgIpc) is 3.99. The van der Waals surface area contributed by atoms with Gasteiger partial charge in [-0.2, -0.15) is 0 Å². The number of hydrogen-bond donors (Lipinski definition) is 2. The number of ether oxygens (including phenoxy) is 2. The second-order valence-electron chi connectivity index (χ2n) is 21.0. The molecule has 4 aromatic heterocycles. The van der Waals surface area contributed by atoms with E-state index in [-0.39, 0.29) is 43.2 Å². The van der Waals surface area contributed by atoms with Gasteiger partial charge in [0.05, 0.1) is 24.3 Å². The van der Waals surface area contributed by atoms with Crippen LogP contribution in [0.1, 0.15) is 179 Å². The van der Waals surface area contributed by atoms with E-state index in [0.717, 1.165) is 112 Å². The Bertz CT molecular complexity index is 2100. The van der Waals surface area contributed by atoms with Gasteiger partial charge < -0.3 is 19.7 Å². The summed E-state index contributed by atoms with van der Waals surface area (Å²) in [5.41, 5.74) is 10.1. The van der Waals surface area contributed by atoms with Crippen LogP contribution in [0.25, 0.3) is 0 Å².